The van der Waals surface area contributed by atoms with Gasteiger partial charge in [0.25, 0.3) is 0 Å². The number of hydrogen-bond donors (Lipinski definition) is 1. The molecule has 114 valence electrons. The van der Waals surface area contributed by atoms with E-state index >= 15 is 0 Å². The Morgan fingerprint density at radius 3 is 2.95 bits per heavy atom. The van der Waals surface area contributed by atoms with Crippen LogP contribution in [0.4, 0.5) is 0 Å². The summed E-state index contributed by atoms with van der Waals surface area (Å²) in [5.74, 6) is 0. The molecule has 2 heterocycles. The molecule has 0 spiro atoms. The molecule has 1 atom stereocenters. The number of ether oxygens (including phenoxy) is 1. The van der Waals surface area contributed by atoms with Gasteiger partial charge in [-0.25, -0.2) is 0 Å². The maximum atomic E-state index is 6.36. The van der Waals surface area contributed by atoms with Crippen molar-refractivity contribution in [2.45, 2.75) is 26.4 Å². The number of nitrogens with one attached hydrogen (secondary N) is 1. The summed E-state index contributed by atoms with van der Waals surface area (Å²) in [7, 11) is 1.68. The molecule has 21 heavy (non-hydrogen) atoms. The summed E-state index contributed by atoms with van der Waals surface area (Å²) in [6.45, 7) is 6.18. The molecule has 2 aromatic heterocycles. The average molecular weight is 309 g/mol. The number of aryl methyl sites for hydroxylation is 1. The highest BCUT2D eigenvalue weighted by atomic mass is 35.5. The molecule has 0 saturated carbocycles. The van der Waals surface area contributed by atoms with E-state index in [4.69, 9.17) is 16.3 Å². The lowest BCUT2D eigenvalue weighted by atomic mass is 10.0. The van der Waals surface area contributed by atoms with Gasteiger partial charge in [0.2, 0.25) is 0 Å². The van der Waals surface area contributed by atoms with Gasteiger partial charge < -0.3 is 10.1 Å². The molecule has 0 aliphatic heterocycles. The first-order chi connectivity index (χ1) is 10.2. The normalized spacial score (nSPS) is 12.6. The summed E-state index contributed by atoms with van der Waals surface area (Å²) in [4.78, 5) is 4.52. The van der Waals surface area contributed by atoms with Crippen molar-refractivity contribution in [3.8, 4) is 0 Å². The van der Waals surface area contributed by atoms with Crippen molar-refractivity contribution in [3.05, 3.63) is 46.5 Å². The van der Waals surface area contributed by atoms with Crippen molar-refractivity contribution in [2.24, 2.45) is 0 Å². The van der Waals surface area contributed by atoms with Crippen LogP contribution in [0.25, 0.3) is 0 Å². The minimum atomic E-state index is -0.0805. The molecule has 0 amide bonds. The Morgan fingerprint density at radius 1 is 1.48 bits per heavy atom. The van der Waals surface area contributed by atoms with E-state index < -0.39 is 0 Å². The Bertz CT molecular complexity index is 585. The zero-order valence-electron chi connectivity index (χ0n) is 12.6. The molecular formula is C15H21ClN4O. The number of aromatic nitrogens is 3. The monoisotopic (exact) mass is 308 g/mol. The molecule has 2 aromatic rings. The Labute approximate surface area is 130 Å². The van der Waals surface area contributed by atoms with E-state index in [1.807, 2.05) is 10.7 Å². The number of rotatable bonds is 7. The van der Waals surface area contributed by atoms with Gasteiger partial charge in [0.15, 0.2) is 0 Å². The molecule has 0 saturated heterocycles. The number of hydrogen-bond acceptors (Lipinski definition) is 4. The maximum Gasteiger partial charge on any atom is 0.0939 e. The Kier molecular flexibility index (Phi) is 5.73. The molecule has 0 fully saturated rings. The first-order valence-corrected chi connectivity index (χ1v) is 7.41. The highest BCUT2D eigenvalue weighted by molar-refractivity contribution is 6.31. The topological polar surface area (TPSA) is 52.0 Å². The molecule has 2 rings (SSSR count). The predicted molar refractivity (Wildman–Crippen MR) is 83.6 cm³/mol. The second-order valence-electron chi connectivity index (χ2n) is 4.79. The highest BCUT2D eigenvalue weighted by Gasteiger charge is 2.23. The molecule has 0 radical (unpaired) electrons. The van der Waals surface area contributed by atoms with E-state index in [1.54, 1.807) is 19.5 Å². The third kappa shape index (κ3) is 3.61. The van der Waals surface area contributed by atoms with Crippen LogP contribution in [0.15, 0.2) is 24.5 Å². The summed E-state index contributed by atoms with van der Waals surface area (Å²) in [6.07, 6.45) is 3.48. The minimum absolute atomic E-state index is 0.0805. The van der Waals surface area contributed by atoms with Gasteiger partial charge in [-0.3, -0.25) is 9.67 Å². The Balaban J connectivity index is 2.43. The first-order valence-electron chi connectivity index (χ1n) is 7.04. The smallest absolute Gasteiger partial charge is 0.0939 e. The van der Waals surface area contributed by atoms with Crippen LogP contribution in [-0.2, 0) is 11.3 Å². The summed E-state index contributed by atoms with van der Waals surface area (Å²) >= 11 is 6.36. The van der Waals surface area contributed by atoms with Crippen LogP contribution < -0.4 is 5.32 Å². The van der Waals surface area contributed by atoms with Crippen LogP contribution in [0.2, 0.25) is 5.02 Å². The van der Waals surface area contributed by atoms with Crippen LogP contribution in [0.1, 0.15) is 29.9 Å². The minimum Gasteiger partial charge on any atom is -0.383 e. The van der Waals surface area contributed by atoms with Crippen molar-refractivity contribution in [1.29, 1.82) is 0 Å². The summed E-state index contributed by atoms with van der Waals surface area (Å²) in [6, 6.07) is 3.91. The molecule has 0 aliphatic carbocycles. The number of halogens is 1. The molecule has 0 aliphatic rings. The lowest BCUT2D eigenvalue weighted by Crippen LogP contribution is -2.27. The van der Waals surface area contributed by atoms with Crippen LogP contribution in [0, 0.1) is 6.92 Å². The molecule has 1 unspecified atom stereocenters. The SMILES string of the molecule is CCNC(c1ncccc1C)c1c(Cl)cnn1CCOC. The summed E-state index contributed by atoms with van der Waals surface area (Å²) in [5, 5.41) is 8.44. The molecule has 5 nitrogen and oxygen atoms in total. The van der Waals surface area contributed by atoms with E-state index in [9.17, 15) is 0 Å². The lowest BCUT2D eigenvalue weighted by molar-refractivity contribution is 0.182. The van der Waals surface area contributed by atoms with E-state index in [0.29, 0.717) is 18.2 Å². The standard InChI is InChI=1S/C15H21ClN4O/c1-4-17-14(13-11(2)6-5-7-18-13)15-12(16)10-19-20(15)8-9-21-3/h5-7,10,14,17H,4,8-9H2,1-3H3. The van der Waals surface area contributed by atoms with Crippen molar-refractivity contribution < 1.29 is 4.74 Å². The largest absolute Gasteiger partial charge is 0.383 e. The van der Waals surface area contributed by atoms with Crippen molar-refractivity contribution in [3.63, 3.8) is 0 Å². The Morgan fingerprint density at radius 2 is 2.29 bits per heavy atom. The quantitative estimate of drug-likeness (QED) is 0.854. The van der Waals surface area contributed by atoms with Crippen LogP contribution in [0.3, 0.4) is 0 Å². The fourth-order valence-electron chi connectivity index (χ4n) is 2.34. The first kappa shape index (κ1) is 15.9. The fourth-order valence-corrected chi connectivity index (χ4v) is 2.59. The number of methoxy groups -OCH3 is 1. The zero-order chi connectivity index (χ0) is 15.2. The van der Waals surface area contributed by atoms with Gasteiger partial charge in [-0.15, -0.1) is 0 Å². The van der Waals surface area contributed by atoms with Gasteiger partial charge in [-0.2, -0.15) is 5.10 Å². The van der Waals surface area contributed by atoms with Gasteiger partial charge in [0.05, 0.1) is 41.8 Å². The summed E-state index contributed by atoms with van der Waals surface area (Å²) in [5.41, 5.74) is 3.02. The van der Waals surface area contributed by atoms with Gasteiger partial charge >= 0.3 is 0 Å². The number of pyridine rings is 1. The molecule has 6 heteroatoms. The molecule has 0 aromatic carbocycles. The Hall–Kier alpha value is -1.43. The lowest BCUT2D eigenvalue weighted by Gasteiger charge is -2.21. The fraction of sp³-hybridized carbons (Fsp3) is 0.467. The van der Waals surface area contributed by atoms with Crippen molar-refractivity contribution >= 4 is 11.6 Å². The van der Waals surface area contributed by atoms with Gasteiger partial charge in [-0.1, -0.05) is 24.6 Å². The highest BCUT2D eigenvalue weighted by Crippen LogP contribution is 2.28. The predicted octanol–water partition coefficient (Wildman–Crippen LogP) is 2.59. The third-order valence-electron chi connectivity index (χ3n) is 3.35. The zero-order valence-corrected chi connectivity index (χ0v) is 13.4. The van der Waals surface area contributed by atoms with Gasteiger partial charge in [0, 0.05) is 13.3 Å². The van der Waals surface area contributed by atoms with E-state index in [2.05, 4.69) is 35.3 Å². The van der Waals surface area contributed by atoms with E-state index in [1.165, 1.54) is 0 Å². The van der Waals surface area contributed by atoms with Gasteiger partial charge in [-0.05, 0) is 25.1 Å². The van der Waals surface area contributed by atoms with E-state index in [0.717, 1.165) is 23.5 Å². The molecule has 0 bridgehead atoms. The second kappa shape index (κ2) is 7.54. The van der Waals surface area contributed by atoms with Crippen molar-refractivity contribution in [2.75, 3.05) is 20.3 Å². The average Bonchev–Trinajstić information content (AvgIpc) is 2.84. The second-order valence-corrected chi connectivity index (χ2v) is 5.20. The third-order valence-corrected chi connectivity index (χ3v) is 3.64. The van der Waals surface area contributed by atoms with E-state index in [-0.39, 0.29) is 6.04 Å². The van der Waals surface area contributed by atoms with Gasteiger partial charge in [0.1, 0.15) is 0 Å². The molecule has 1 N–H and O–H groups in total. The van der Waals surface area contributed by atoms with Crippen LogP contribution in [0.5, 0.6) is 0 Å². The number of nitrogens with zero attached hydrogens (tertiary/aromatic N) is 3. The summed E-state index contributed by atoms with van der Waals surface area (Å²) < 4.78 is 7.02. The van der Waals surface area contributed by atoms with Crippen molar-refractivity contribution in [1.82, 2.24) is 20.1 Å². The maximum absolute atomic E-state index is 6.36. The molecular weight excluding hydrogens is 288 g/mol. The van der Waals surface area contributed by atoms with Crippen LogP contribution in [-0.4, -0.2) is 35.0 Å². The van der Waals surface area contributed by atoms with Crippen LogP contribution >= 0.6 is 11.6 Å².